The Hall–Kier alpha value is -1.68. The van der Waals surface area contributed by atoms with Gasteiger partial charge in [-0.1, -0.05) is 49.6 Å². The Morgan fingerprint density at radius 2 is 1.85 bits per heavy atom. The maximum atomic E-state index is 12.2. The summed E-state index contributed by atoms with van der Waals surface area (Å²) in [5.41, 5.74) is 1.80. The average Bonchev–Trinajstić information content (AvgIpc) is 2.72. The molecule has 1 aliphatic heterocycles. The van der Waals surface area contributed by atoms with Gasteiger partial charge < -0.3 is 5.11 Å². The van der Waals surface area contributed by atoms with Crippen LogP contribution in [-0.4, -0.2) is 33.9 Å². The Morgan fingerprint density at radius 1 is 1.10 bits per heavy atom. The first kappa shape index (κ1) is 13.3. The SMILES string of the molecule is O=C1CC(c2ccccc2)=NN1C1CCCCCC1O. The second-order valence-electron chi connectivity index (χ2n) is 5.60. The number of rotatable bonds is 2. The third-order valence-electron chi connectivity index (χ3n) is 4.17. The molecule has 1 amide bonds. The number of carbonyl (C=O) groups excluding carboxylic acids is 1. The fourth-order valence-electron chi connectivity index (χ4n) is 3.05. The van der Waals surface area contributed by atoms with Gasteiger partial charge in [-0.15, -0.1) is 0 Å². The molecule has 1 fully saturated rings. The maximum Gasteiger partial charge on any atom is 0.249 e. The van der Waals surface area contributed by atoms with Gasteiger partial charge in [0, 0.05) is 0 Å². The summed E-state index contributed by atoms with van der Waals surface area (Å²) in [5, 5.41) is 16.3. The van der Waals surface area contributed by atoms with Crippen LogP contribution in [0.25, 0.3) is 0 Å². The third-order valence-corrected chi connectivity index (χ3v) is 4.17. The second kappa shape index (κ2) is 5.75. The molecule has 0 aromatic heterocycles. The summed E-state index contributed by atoms with van der Waals surface area (Å²) < 4.78 is 0. The molecule has 2 atom stereocenters. The first-order chi connectivity index (χ1) is 9.75. The summed E-state index contributed by atoms with van der Waals surface area (Å²) in [6, 6.07) is 9.65. The van der Waals surface area contributed by atoms with E-state index in [0.717, 1.165) is 43.4 Å². The highest BCUT2D eigenvalue weighted by Gasteiger charge is 2.35. The molecule has 0 saturated heterocycles. The molecule has 1 N–H and O–H groups in total. The van der Waals surface area contributed by atoms with Gasteiger partial charge in [0.05, 0.1) is 24.3 Å². The van der Waals surface area contributed by atoms with Crippen molar-refractivity contribution in [3.63, 3.8) is 0 Å². The lowest BCUT2D eigenvalue weighted by molar-refractivity contribution is -0.133. The largest absolute Gasteiger partial charge is 0.391 e. The molecule has 106 valence electrons. The lowest BCUT2D eigenvalue weighted by Gasteiger charge is -2.27. The zero-order valence-electron chi connectivity index (χ0n) is 11.5. The molecule has 1 heterocycles. The normalized spacial score (nSPS) is 27.4. The van der Waals surface area contributed by atoms with Crippen LogP contribution < -0.4 is 0 Å². The Morgan fingerprint density at radius 3 is 2.65 bits per heavy atom. The van der Waals surface area contributed by atoms with E-state index in [4.69, 9.17) is 0 Å². The van der Waals surface area contributed by atoms with Crippen molar-refractivity contribution in [1.82, 2.24) is 5.01 Å². The zero-order valence-corrected chi connectivity index (χ0v) is 11.5. The Bertz CT molecular complexity index is 512. The van der Waals surface area contributed by atoms with Crippen LogP contribution in [0, 0.1) is 0 Å². The molecule has 1 aliphatic carbocycles. The fraction of sp³-hybridized carbons (Fsp3) is 0.500. The minimum Gasteiger partial charge on any atom is -0.391 e. The number of nitrogens with zero attached hydrogens (tertiary/aromatic N) is 2. The van der Waals surface area contributed by atoms with Crippen LogP contribution in [-0.2, 0) is 4.79 Å². The maximum absolute atomic E-state index is 12.2. The molecule has 1 aromatic rings. The Kier molecular flexibility index (Phi) is 3.83. The summed E-state index contributed by atoms with van der Waals surface area (Å²) >= 11 is 0. The van der Waals surface area contributed by atoms with E-state index >= 15 is 0 Å². The lowest BCUT2D eigenvalue weighted by Crippen LogP contribution is -2.41. The molecule has 20 heavy (non-hydrogen) atoms. The van der Waals surface area contributed by atoms with Crippen LogP contribution in [0.3, 0.4) is 0 Å². The number of hydrogen-bond acceptors (Lipinski definition) is 3. The van der Waals surface area contributed by atoms with Gasteiger partial charge in [-0.3, -0.25) is 4.79 Å². The molecule has 3 rings (SSSR count). The molecule has 0 bridgehead atoms. The number of aliphatic hydroxyl groups is 1. The standard InChI is InChI=1S/C16H20N2O2/c19-15-10-6-2-5-9-14(15)18-16(20)11-13(17-18)12-7-3-1-4-8-12/h1,3-4,7-8,14-15,19H,2,5-6,9-11H2. The monoisotopic (exact) mass is 272 g/mol. The molecular formula is C16H20N2O2. The van der Waals surface area contributed by atoms with Gasteiger partial charge in [-0.05, 0) is 18.4 Å². The van der Waals surface area contributed by atoms with Crippen molar-refractivity contribution in [2.75, 3.05) is 0 Å². The molecular weight excluding hydrogens is 252 g/mol. The first-order valence-electron chi connectivity index (χ1n) is 7.39. The highest BCUT2D eigenvalue weighted by molar-refractivity contribution is 6.13. The predicted molar refractivity (Wildman–Crippen MR) is 77.3 cm³/mol. The van der Waals surface area contributed by atoms with Gasteiger partial charge in [0.1, 0.15) is 0 Å². The van der Waals surface area contributed by atoms with Crippen LogP contribution in [0.5, 0.6) is 0 Å². The van der Waals surface area contributed by atoms with Gasteiger partial charge in [-0.25, -0.2) is 5.01 Å². The number of carbonyl (C=O) groups is 1. The Labute approximate surface area is 119 Å². The van der Waals surface area contributed by atoms with Gasteiger partial charge in [0.15, 0.2) is 0 Å². The minimum absolute atomic E-state index is 0.00908. The van der Waals surface area contributed by atoms with Crippen molar-refractivity contribution < 1.29 is 9.90 Å². The van der Waals surface area contributed by atoms with Gasteiger partial charge in [-0.2, -0.15) is 5.10 Å². The van der Waals surface area contributed by atoms with Crippen LogP contribution in [0.15, 0.2) is 35.4 Å². The van der Waals surface area contributed by atoms with Gasteiger partial charge in [0.25, 0.3) is 0 Å². The van der Waals surface area contributed by atoms with Crippen molar-refractivity contribution >= 4 is 11.6 Å². The van der Waals surface area contributed by atoms with Crippen molar-refractivity contribution in [3.8, 4) is 0 Å². The molecule has 0 radical (unpaired) electrons. The topological polar surface area (TPSA) is 52.9 Å². The molecule has 1 saturated carbocycles. The number of benzene rings is 1. The molecule has 2 aliphatic rings. The highest BCUT2D eigenvalue weighted by Crippen LogP contribution is 2.26. The van der Waals surface area contributed by atoms with E-state index in [0.29, 0.717) is 6.42 Å². The average molecular weight is 272 g/mol. The molecule has 2 unspecified atom stereocenters. The lowest BCUT2D eigenvalue weighted by atomic mass is 10.1. The van der Waals surface area contributed by atoms with Gasteiger partial charge in [0.2, 0.25) is 5.91 Å². The molecule has 4 nitrogen and oxygen atoms in total. The van der Waals surface area contributed by atoms with Crippen molar-refractivity contribution in [1.29, 1.82) is 0 Å². The van der Waals surface area contributed by atoms with Crippen molar-refractivity contribution in [3.05, 3.63) is 35.9 Å². The van der Waals surface area contributed by atoms with E-state index in [1.807, 2.05) is 30.3 Å². The summed E-state index contributed by atoms with van der Waals surface area (Å²) in [6.07, 6.45) is 4.73. The number of hydrogen-bond donors (Lipinski definition) is 1. The quantitative estimate of drug-likeness (QED) is 0.840. The van der Waals surface area contributed by atoms with Crippen LogP contribution in [0.1, 0.15) is 44.1 Å². The minimum atomic E-state index is -0.444. The summed E-state index contributed by atoms with van der Waals surface area (Å²) in [7, 11) is 0. The fourth-order valence-corrected chi connectivity index (χ4v) is 3.05. The molecule has 0 spiro atoms. The first-order valence-corrected chi connectivity index (χ1v) is 7.39. The van der Waals surface area contributed by atoms with E-state index in [1.54, 1.807) is 5.01 Å². The Balaban J connectivity index is 1.83. The van der Waals surface area contributed by atoms with Gasteiger partial charge >= 0.3 is 0 Å². The van der Waals surface area contributed by atoms with E-state index in [2.05, 4.69) is 5.10 Å². The predicted octanol–water partition coefficient (Wildman–Crippen LogP) is 2.32. The van der Waals surface area contributed by atoms with Crippen LogP contribution >= 0.6 is 0 Å². The third kappa shape index (κ3) is 2.61. The molecule has 4 heteroatoms. The second-order valence-corrected chi connectivity index (χ2v) is 5.60. The van der Waals surface area contributed by atoms with E-state index < -0.39 is 6.10 Å². The van der Waals surface area contributed by atoms with Crippen LogP contribution in [0.2, 0.25) is 0 Å². The number of hydrazone groups is 1. The number of amides is 1. The zero-order chi connectivity index (χ0) is 13.9. The highest BCUT2D eigenvalue weighted by atomic mass is 16.3. The van der Waals surface area contributed by atoms with E-state index in [9.17, 15) is 9.90 Å². The number of aliphatic hydroxyl groups excluding tert-OH is 1. The van der Waals surface area contributed by atoms with Crippen LogP contribution in [0.4, 0.5) is 0 Å². The summed E-state index contributed by atoms with van der Waals surface area (Å²) in [4.78, 5) is 12.2. The summed E-state index contributed by atoms with van der Waals surface area (Å²) in [6.45, 7) is 0. The summed E-state index contributed by atoms with van der Waals surface area (Å²) in [5.74, 6) is 0.00908. The van der Waals surface area contributed by atoms with E-state index in [1.165, 1.54) is 0 Å². The van der Waals surface area contributed by atoms with Crippen molar-refractivity contribution in [2.45, 2.75) is 50.7 Å². The smallest absolute Gasteiger partial charge is 0.249 e. The van der Waals surface area contributed by atoms with Crippen molar-refractivity contribution in [2.24, 2.45) is 5.10 Å². The molecule has 1 aromatic carbocycles. The van der Waals surface area contributed by atoms with E-state index in [-0.39, 0.29) is 11.9 Å².